The van der Waals surface area contributed by atoms with Crippen molar-refractivity contribution in [1.82, 2.24) is 9.62 Å². The van der Waals surface area contributed by atoms with Gasteiger partial charge in [0.05, 0.1) is 0 Å². The van der Waals surface area contributed by atoms with Crippen LogP contribution in [0.1, 0.15) is 6.92 Å². The van der Waals surface area contributed by atoms with Crippen molar-refractivity contribution >= 4 is 22.9 Å². The van der Waals surface area contributed by atoms with Crippen molar-refractivity contribution < 1.29 is 28.8 Å². The zero-order valence-electron chi connectivity index (χ0n) is 10.8. The lowest BCUT2D eigenvalue weighted by molar-refractivity contribution is -0.809. The summed E-state index contributed by atoms with van der Waals surface area (Å²) in [6.45, 7) is -0.201. The van der Waals surface area contributed by atoms with Crippen molar-refractivity contribution in [3.8, 4) is 0 Å². The summed E-state index contributed by atoms with van der Waals surface area (Å²) in [5.74, 6) is -2.68. The van der Waals surface area contributed by atoms with E-state index in [0.717, 1.165) is 4.90 Å². The molecule has 1 unspecified atom stereocenters. The fourth-order valence-electron chi connectivity index (χ4n) is 1.53. The SMILES string of the molecule is C[C@@H](NS(=O)CC(=O)N1CC([N+](=O)[O-])([N+](=O)[O-])C1)C(=O)O. The van der Waals surface area contributed by atoms with E-state index in [1.165, 1.54) is 6.92 Å². The normalized spacial score (nSPS) is 19.2. The molecule has 1 rings (SSSR count). The molecule has 1 amide bonds. The lowest BCUT2D eigenvalue weighted by Gasteiger charge is -2.35. The average Bonchev–Trinajstić information content (AvgIpc) is 2.25. The molecular weight excluding hydrogens is 312 g/mol. The van der Waals surface area contributed by atoms with Gasteiger partial charge in [-0.05, 0) is 6.92 Å². The van der Waals surface area contributed by atoms with Crippen LogP contribution in [0.3, 0.4) is 0 Å². The summed E-state index contributed by atoms with van der Waals surface area (Å²) in [5.41, 5.74) is -2.42. The molecule has 0 bridgehead atoms. The Kier molecular flexibility index (Phi) is 4.90. The third kappa shape index (κ3) is 3.49. The number of carbonyl (C=O) groups is 2. The first-order chi connectivity index (χ1) is 9.60. The number of rotatable bonds is 7. The number of nitro groups is 2. The molecule has 21 heavy (non-hydrogen) atoms. The number of carboxylic acids is 1. The molecule has 2 N–H and O–H groups in total. The third-order valence-electron chi connectivity index (χ3n) is 2.85. The quantitative estimate of drug-likeness (QED) is 0.301. The Hall–Kier alpha value is -2.15. The minimum atomic E-state index is -2.42. The van der Waals surface area contributed by atoms with Crippen molar-refractivity contribution in [3.05, 3.63) is 20.2 Å². The van der Waals surface area contributed by atoms with Gasteiger partial charge in [0.2, 0.25) is 5.91 Å². The highest BCUT2D eigenvalue weighted by molar-refractivity contribution is 7.83. The maximum Gasteiger partial charge on any atom is 0.492 e. The number of likely N-dealkylation sites (tertiary alicyclic amines) is 1. The predicted octanol–water partition coefficient (Wildman–Crippen LogP) is -2.20. The molecule has 118 valence electrons. The minimum absolute atomic E-state index is 0.622. The molecule has 0 spiro atoms. The van der Waals surface area contributed by atoms with Crippen LogP contribution in [0, 0.1) is 20.2 Å². The second-order valence-corrected chi connectivity index (χ2v) is 5.63. The Labute approximate surface area is 120 Å². The molecule has 1 saturated heterocycles. The molecule has 0 radical (unpaired) electrons. The Morgan fingerprint density at radius 1 is 1.38 bits per heavy atom. The van der Waals surface area contributed by atoms with Crippen molar-refractivity contribution in [2.24, 2.45) is 0 Å². The van der Waals surface area contributed by atoms with E-state index >= 15 is 0 Å². The lowest BCUT2D eigenvalue weighted by atomic mass is 10.0. The summed E-state index contributed by atoms with van der Waals surface area (Å²) < 4.78 is 13.6. The molecule has 12 nitrogen and oxygen atoms in total. The van der Waals surface area contributed by atoms with Crippen LogP contribution in [0.25, 0.3) is 0 Å². The lowest BCUT2D eigenvalue weighted by Crippen LogP contribution is -2.71. The van der Waals surface area contributed by atoms with E-state index in [4.69, 9.17) is 5.11 Å². The van der Waals surface area contributed by atoms with E-state index in [2.05, 4.69) is 4.72 Å². The van der Waals surface area contributed by atoms with Gasteiger partial charge in [0.1, 0.15) is 32.6 Å². The summed E-state index contributed by atoms with van der Waals surface area (Å²) in [4.78, 5) is 42.1. The zero-order valence-corrected chi connectivity index (χ0v) is 11.6. The highest BCUT2D eigenvalue weighted by Crippen LogP contribution is 2.25. The van der Waals surface area contributed by atoms with Gasteiger partial charge in [0.15, 0.2) is 13.1 Å². The van der Waals surface area contributed by atoms with Gasteiger partial charge in [0, 0.05) is 0 Å². The summed E-state index contributed by atoms with van der Waals surface area (Å²) >= 11 is 0. The summed E-state index contributed by atoms with van der Waals surface area (Å²) in [6.07, 6.45) is 0. The number of hydrogen-bond acceptors (Lipinski definition) is 7. The van der Waals surface area contributed by atoms with E-state index < -0.39 is 63.3 Å². The molecule has 0 aromatic rings. The maximum atomic E-state index is 11.6. The molecule has 0 aromatic heterocycles. The van der Waals surface area contributed by atoms with Crippen molar-refractivity contribution in [3.63, 3.8) is 0 Å². The van der Waals surface area contributed by atoms with E-state index in [0.29, 0.717) is 0 Å². The van der Waals surface area contributed by atoms with Gasteiger partial charge in [-0.1, -0.05) is 0 Å². The van der Waals surface area contributed by atoms with Crippen molar-refractivity contribution in [2.75, 3.05) is 18.8 Å². The van der Waals surface area contributed by atoms with E-state index in [1.807, 2.05) is 0 Å². The van der Waals surface area contributed by atoms with Crippen LogP contribution in [0.15, 0.2) is 0 Å². The largest absolute Gasteiger partial charge is 0.492 e. The van der Waals surface area contributed by atoms with Gasteiger partial charge >= 0.3 is 11.6 Å². The second-order valence-electron chi connectivity index (χ2n) is 4.41. The van der Waals surface area contributed by atoms with Crippen LogP contribution in [0.5, 0.6) is 0 Å². The Bertz CT molecular complexity index is 500. The molecule has 0 aliphatic carbocycles. The summed E-state index contributed by atoms with van der Waals surface area (Å²) in [5, 5.41) is 29.9. The first-order valence-corrected chi connectivity index (χ1v) is 6.86. The van der Waals surface area contributed by atoms with Gasteiger partial charge < -0.3 is 10.0 Å². The van der Waals surface area contributed by atoms with Crippen LogP contribution in [0.2, 0.25) is 0 Å². The number of carboxylic acid groups (broad SMARTS) is 1. The summed E-state index contributed by atoms with van der Waals surface area (Å²) in [6, 6.07) is -1.15. The summed E-state index contributed by atoms with van der Waals surface area (Å²) in [7, 11) is -2.00. The van der Waals surface area contributed by atoms with Gasteiger partial charge in [0.25, 0.3) is 0 Å². The van der Waals surface area contributed by atoms with Crippen LogP contribution in [-0.2, 0) is 20.6 Å². The first kappa shape index (κ1) is 16.9. The molecule has 0 aromatic carbocycles. The van der Waals surface area contributed by atoms with Crippen molar-refractivity contribution in [2.45, 2.75) is 18.6 Å². The van der Waals surface area contributed by atoms with E-state index in [1.54, 1.807) is 0 Å². The van der Waals surface area contributed by atoms with E-state index in [9.17, 15) is 34.0 Å². The average molecular weight is 324 g/mol. The Morgan fingerprint density at radius 2 is 1.86 bits per heavy atom. The number of carbonyl (C=O) groups excluding carboxylic acids is 1. The maximum absolute atomic E-state index is 11.6. The van der Waals surface area contributed by atoms with Crippen LogP contribution < -0.4 is 4.72 Å². The highest BCUT2D eigenvalue weighted by Gasteiger charge is 2.67. The molecule has 1 aliphatic heterocycles. The monoisotopic (exact) mass is 324 g/mol. The topological polar surface area (TPSA) is 173 Å². The minimum Gasteiger partial charge on any atom is -0.480 e. The molecule has 1 fully saturated rings. The third-order valence-corrected chi connectivity index (χ3v) is 3.98. The van der Waals surface area contributed by atoms with Gasteiger partial charge in [-0.15, -0.1) is 0 Å². The zero-order chi connectivity index (χ0) is 16.4. The second kappa shape index (κ2) is 6.09. The molecule has 0 saturated carbocycles. The Balaban J connectivity index is 2.53. The van der Waals surface area contributed by atoms with Crippen molar-refractivity contribution in [1.29, 1.82) is 0 Å². The van der Waals surface area contributed by atoms with Crippen LogP contribution in [0.4, 0.5) is 0 Å². The fraction of sp³-hybridized carbons (Fsp3) is 0.750. The number of amides is 1. The number of nitrogens with zero attached hydrogens (tertiary/aromatic N) is 3. The molecular formula is C8H12N4O8S. The number of hydrogen-bond donors (Lipinski definition) is 2. The first-order valence-electron chi connectivity index (χ1n) is 5.54. The number of nitrogens with one attached hydrogen (secondary N) is 1. The van der Waals surface area contributed by atoms with Gasteiger partial charge in [-0.3, -0.25) is 29.8 Å². The van der Waals surface area contributed by atoms with Crippen LogP contribution >= 0.6 is 0 Å². The van der Waals surface area contributed by atoms with Crippen LogP contribution in [-0.4, -0.2) is 66.5 Å². The molecule has 2 atom stereocenters. The number of aliphatic carboxylic acids is 1. The smallest absolute Gasteiger partial charge is 0.480 e. The molecule has 13 heteroatoms. The Morgan fingerprint density at radius 3 is 2.24 bits per heavy atom. The highest BCUT2D eigenvalue weighted by atomic mass is 32.2. The standard InChI is InChI=1S/C8H12N4O8S/c1-5(7(14)15)9-21(20)2-6(13)10-3-8(4-10,11(16)17)12(18)19/h5,9H,2-4H2,1H3,(H,14,15)/t5-,21?/m1/s1. The fourth-order valence-corrected chi connectivity index (χ4v) is 2.52. The van der Waals surface area contributed by atoms with Gasteiger partial charge in [-0.25, -0.2) is 8.93 Å². The predicted molar refractivity (Wildman–Crippen MR) is 66.5 cm³/mol. The molecule has 1 heterocycles. The molecule has 1 aliphatic rings. The van der Waals surface area contributed by atoms with E-state index in [-0.39, 0.29) is 0 Å². The van der Waals surface area contributed by atoms with Gasteiger partial charge in [-0.2, -0.15) is 0 Å².